The Hall–Kier alpha value is -1.75. The van der Waals surface area contributed by atoms with Crippen molar-refractivity contribution in [2.75, 3.05) is 7.11 Å². The number of para-hydroxylation sites is 1. The molecule has 14 heavy (non-hydrogen) atoms. The summed E-state index contributed by atoms with van der Waals surface area (Å²) in [6.45, 7) is 0.276. The number of oxime groups is 1. The van der Waals surface area contributed by atoms with E-state index in [-0.39, 0.29) is 18.2 Å². The van der Waals surface area contributed by atoms with Gasteiger partial charge in [-0.2, -0.15) is 0 Å². The van der Waals surface area contributed by atoms with Crippen LogP contribution in [0, 0.1) is 0 Å². The molecule has 0 fully saturated rings. The van der Waals surface area contributed by atoms with Gasteiger partial charge in [0.25, 0.3) is 0 Å². The van der Waals surface area contributed by atoms with Gasteiger partial charge in [-0.3, -0.25) is 0 Å². The summed E-state index contributed by atoms with van der Waals surface area (Å²) >= 11 is 0. The molecule has 76 valence electrons. The smallest absolute Gasteiger partial charge is 0.173 e. The molecule has 1 aromatic rings. The Labute approximate surface area is 81.4 Å². The van der Waals surface area contributed by atoms with Crippen LogP contribution < -0.4 is 5.73 Å². The number of aromatic hydroxyl groups is 1. The third-order valence-corrected chi connectivity index (χ3v) is 1.80. The number of rotatable bonds is 3. The van der Waals surface area contributed by atoms with Crippen molar-refractivity contribution in [2.24, 2.45) is 10.9 Å². The van der Waals surface area contributed by atoms with Crippen LogP contribution in [0.3, 0.4) is 0 Å². The van der Waals surface area contributed by atoms with E-state index in [1.165, 1.54) is 7.11 Å². The number of hydrogen-bond donors (Lipinski definition) is 3. The van der Waals surface area contributed by atoms with Crippen LogP contribution in [0.5, 0.6) is 5.75 Å². The predicted octanol–water partition coefficient (Wildman–Crippen LogP) is 0.633. The lowest BCUT2D eigenvalue weighted by molar-refractivity contribution is 0.182. The number of nitrogens with zero attached hydrogens (tertiary/aromatic N) is 1. The molecule has 0 aromatic heterocycles. The van der Waals surface area contributed by atoms with Crippen LogP contribution in [0.1, 0.15) is 11.1 Å². The zero-order chi connectivity index (χ0) is 10.6. The maximum absolute atomic E-state index is 9.67. The molecule has 0 saturated carbocycles. The van der Waals surface area contributed by atoms with Crippen LogP contribution in [0.25, 0.3) is 0 Å². The average Bonchev–Trinajstić information content (AvgIpc) is 2.20. The molecule has 0 saturated heterocycles. The largest absolute Gasteiger partial charge is 0.507 e. The molecule has 5 nitrogen and oxygen atoms in total. The molecule has 1 aromatic carbocycles. The van der Waals surface area contributed by atoms with Crippen molar-refractivity contribution in [2.45, 2.75) is 6.61 Å². The molecule has 0 atom stereocenters. The van der Waals surface area contributed by atoms with Gasteiger partial charge in [-0.25, -0.2) is 0 Å². The van der Waals surface area contributed by atoms with Gasteiger partial charge in [-0.15, -0.1) is 0 Å². The fourth-order valence-corrected chi connectivity index (χ4v) is 1.12. The summed E-state index contributed by atoms with van der Waals surface area (Å²) < 4.78 is 4.87. The number of amidine groups is 1. The SMILES string of the molecule is COCc1cccc(/C(N)=N\O)c1O. The first-order valence-electron chi connectivity index (χ1n) is 3.98. The van der Waals surface area contributed by atoms with Crippen LogP contribution in [0.2, 0.25) is 0 Å². The monoisotopic (exact) mass is 196 g/mol. The van der Waals surface area contributed by atoms with Crippen molar-refractivity contribution in [3.05, 3.63) is 29.3 Å². The minimum absolute atomic E-state index is 0.0235. The summed E-state index contributed by atoms with van der Waals surface area (Å²) in [6, 6.07) is 4.96. The second-order valence-corrected chi connectivity index (χ2v) is 2.73. The molecule has 4 N–H and O–H groups in total. The van der Waals surface area contributed by atoms with E-state index in [9.17, 15) is 5.11 Å². The van der Waals surface area contributed by atoms with Gasteiger partial charge in [-0.05, 0) is 6.07 Å². The Balaban J connectivity index is 3.13. The van der Waals surface area contributed by atoms with E-state index in [1.54, 1.807) is 18.2 Å². The number of benzene rings is 1. The fraction of sp³-hybridized carbons (Fsp3) is 0.222. The van der Waals surface area contributed by atoms with Crippen molar-refractivity contribution in [1.29, 1.82) is 0 Å². The Morgan fingerprint density at radius 2 is 2.29 bits per heavy atom. The minimum atomic E-state index is -0.125. The predicted molar refractivity (Wildman–Crippen MR) is 51.3 cm³/mol. The summed E-state index contributed by atoms with van der Waals surface area (Å²) in [4.78, 5) is 0. The Morgan fingerprint density at radius 3 is 2.86 bits per heavy atom. The first kappa shape index (κ1) is 10.3. The molecule has 0 aliphatic rings. The van der Waals surface area contributed by atoms with Gasteiger partial charge in [0, 0.05) is 12.7 Å². The first-order valence-corrected chi connectivity index (χ1v) is 3.98. The summed E-state index contributed by atoms with van der Waals surface area (Å²) in [5.74, 6) is -0.148. The average molecular weight is 196 g/mol. The van der Waals surface area contributed by atoms with E-state index < -0.39 is 0 Å². The highest BCUT2D eigenvalue weighted by molar-refractivity contribution is 5.99. The lowest BCUT2D eigenvalue weighted by atomic mass is 10.1. The van der Waals surface area contributed by atoms with Crippen molar-refractivity contribution in [3.8, 4) is 5.75 Å². The van der Waals surface area contributed by atoms with Gasteiger partial charge in [-0.1, -0.05) is 17.3 Å². The van der Waals surface area contributed by atoms with Gasteiger partial charge in [0.05, 0.1) is 12.2 Å². The second kappa shape index (κ2) is 4.48. The molecule has 0 bridgehead atoms. The number of nitrogens with two attached hydrogens (primary N) is 1. The van der Waals surface area contributed by atoms with E-state index in [4.69, 9.17) is 15.7 Å². The van der Waals surface area contributed by atoms with E-state index >= 15 is 0 Å². The van der Waals surface area contributed by atoms with E-state index in [1.807, 2.05) is 0 Å². The van der Waals surface area contributed by atoms with Gasteiger partial charge >= 0.3 is 0 Å². The second-order valence-electron chi connectivity index (χ2n) is 2.73. The molecule has 0 aliphatic carbocycles. The number of phenolic OH excluding ortho intramolecular Hbond substituents is 1. The molecular formula is C9H12N2O3. The van der Waals surface area contributed by atoms with E-state index in [0.717, 1.165) is 0 Å². The lowest BCUT2D eigenvalue weighted by Crippen LogP contribution is -2.13. The zero-order valence-electron chi connectivity index (χ0n) is 7.77. The molecule has 0 spiro atoms. The standard InChI is InChI=1S/C9H12N2O3/c1-14-5-6-3-2-4-7(8(6)12)9(10)11-13/h2-4,12-13H,5H2,1H3,(H2,10,11). The zero-order valence-corrected chi connectivity index (χ0v) is 7.77. The maximum atomic E-state index is 9.67. The number of ether oxygens (including phenoxy) is 1. The van der Waals surface area contributed by atoms with Gasteiger partial charge in [0.15, 0.2) is 5.84 Å². The summed E-state index contributed by atoms with van der Waals surface area (Å²) in [6.07, 6.45) is 0. The first-order chi connectivity index (χ1) is 6.70. The van der Waals surface area contributed by atoms with Crippen molar-refractivity contribution < 1.29 is 15.1 Å². The third-order valence-electron chi connectivity index (χ3n) is 1.80. The van der Waals surface area contributed by atoms with Gasteiger partial charge in [0.2, 0.25) is 0 Å². The van der Waals surface area contributed by atoms with Crippen LogP contribution in [-0.2, 0) is 11.3 Å². The Morgan fingerprint density at radius 1 is 1.57 bits per heavy atom. The van der Waals surface area contributed by atoms with Crippen LogP contribution in [0.4, 0.5) is 0 Å². The fourth-order valence-electron chi connectivity index (χ4n) is 1.12. The lowest BCUT2D eigenvalue weighted by Gasteiger charge is -2.07. The maximum Gasteiger partial charge on any atom is 0.173 e. The highest BCUT2D eigenvalue weighted by atomic mass is 16.5. The number of hydrogen-bond acceptors (Lipinski definition) is 4. The summed E-state index contributed by atoms with van der Waals surface area (Å²) in [7, 11) is 1.52. The molecule has 0 heterocycles. The molecule has 0 amide bonds. The van der Waals surface area contributed by atoms with Crippen LogP contribution in [-0.4, -0.2) is 23.3 Å². The minimum Gasteiger partial charge on any atom is -0.507 e. The van der Waals surface area contributed by atoms with E-state index in [0.29, 0.717) is 11.1 Å². The van der Waals surface area contributed by atoms with E-state index in [2.05, 4.69) is 5.16 Å². The highest BCUT2D eigenvalue weighted by Crippen LogP contribution is 2.22. The number of methoxy groups -OCH3 is 1. The normalized spacial score (nSPS) is 11.6. The molecule has 0 radical (unpaired) electrons. The molecule has 1 rings (SSSR count). The molecule has 0 unspecified atom stereocenters. The third kappa shape index (κ3) is 1.94. The number of phenols is 1. The Kier molecular flexibility index (Phi) is 3.30. The summed E-state index contributed by atoms with van der Waals surface area (Å²) in [5.41, 5.74) is 6.25. The van der Waals surface area contributed by atoms with Gasteiger partial charge in [0.1, 0.15) is 5.75 Å². The quantitative estimate of drug-likeness (QED) is 0.286. The summed E-state index contributed by atoms with van der Waals surface area (Å²) in [5, 5.41) is 20.9. The molecular weight excluding hydrogens is 184 g/mol. The molecule has 0 aliphatic heterocycles. The molecule has 5 heteroatoms. The van der Waals surface area contributed by atoms with Crippen molar-refractivity contribution in [1.82, 2.24) is 0 Å². The van der Waals surface area contributed by atoms with Gasteiger partial charge < -0.3 is 20.8 Å². The topological polar surface area (TPSA) is 88.1 Å². The Bertz CT molecular complexity index is 350. The van der Waals surface area contributed by atoms with Crippen LogP contribution in [0.15, 0.2) is 23.4 Å². The van der Waals surface area contributed by atoms with Crippen molar-refractivity contribution >= 4 is 5.84 Å². The highest BCUT2D eigenvalue weighted by Gasteiger charge is 2.09. The van der Waals surface area contributed by atoms with Crippen molar-refractivity contribution in [3.63, 3.8) is 0 Å². The van der Waals surface area contributed by atoms with Crippen LogP contribution >= 0.6 is 0 Å².